The third kappa shape index (κ3) is 5.16. The molecule has 0 radical (unpaired) electrons. The molecule has 0 spiro atoms. The first kappa shape index (κ1) is 19.1. The summed E-state index contributed by atoms with van der Waals surface area (Å²) in [5, 5.41) is 2.88. The van der Waals surface area contributed by atoms with E-state index in [9.17, 15) is 4.79 Å². The summed E-state index contributed by atoms with van der Waals surface area (Å²) in [6.45, 7) is 2.90. The van der Waals surface area contributed by atoms with Gasteiger partial charge in [-0.2, -0.15) is 0 Å². The van der Waals surface area contributed by atoms with Gasteiger partial charge in [-0.15, -0.1) is 0 Å². The lowest BCUT2D eigenvalue weighted by Gasteiger charge is -2.16. The maximum atomic E-state index is 12.1. The quantitative estimate of drug-likeness (QED) is 0.771. The molecule has 0 heterocycles. The maximum absolute atomic E-state index is 12.1. The molecule has 0 aromatic heterocycles. The number of fused-ring (bicyclic) bond motifs is 1. The minimum atomic E-state index is -0.151. The fourth-order valence-electron chi connectivity index (χ4n) is 3.30. The highest BCUT2D eigenvalue weighted by molar-refractivity contribution is 5.77. The molecule has 2 aromatic rings. The first-order chi connectivity index (χ1) is 13.2. The van der Waals surface area contributed by atoms with Crippen molar-refractivity contribution in [1.29, 1.82) is 0 Å². The summed E-state index contributed by atoms with van der Waals surface area (Å²) >= 11 is 0. The number of benzene rings is 2. The Kier molecular flexibility index (Phi) is 6.58. The molecule has 1 N–H and O–H groups in total. The molecule has 0 saturated heterocycles. The molecule has 0 bridgehead atoms. The Balaban J connectivity index is 1.50. The van der Waals surface area contributed by atoms with Gasteiger partial charge in [0.1, 0.15) is 5.75 Å². The van der Waals surface area contributed by atoms with Crippen molar-refractivity contribution in [3.05, 3.63) is 53.1 Å². The van der Waals surface area contributed by atoms with Crippen LogP contribution in [-0.4, -0.2) is 26.2 Å². The minimum Gasteiger partial charge on any atom is -0.493 e. The molecule has 0 unspecified atom stereocenters. The van der Waals surface area contributed by atoms with Crippen molar-refractivity contribution in [1.82, 2.24) is 5.32 Å². The molecule has 1 aliphatic rings. The third-order valence-corrected chi connectivity index (χ3v) is 4.71. The summed E-state index contributed by atoms with van der Waals surface area (Å²) in [6.07, 6.45) is 4.72. The van der Waals surface area contributed by atoms with Gasteiger partial charge in [-0.3, -0.25) is 4.79 Å². The zero-order chi connectivity index (χ0) is 19.1. The van der Waals surface area contributed by atoms with E-state index in [2.05, 4.69) is 17.4 Å². The van der Waals surface area contributed by atoms with Gasteiger partial charge in [-0.25, -0.2) is 0 Å². The molecule has 0 aliphatic heterocycles. The molecule has 0 atom stereocenters. The fourth-order valence-corrected chi connectivity index (χ4v) is 3.30. The van der Waals surface area contributed by atoms with Crippen molar-refractivity contribution in [2.45, 2.75) is 39.2 Å². The molecule has 1 aliphatic carbocycles. The molecule has 144 valence electrons. The molecular formula is C22H27NO4. The molecular weight excluding hydrogens is 342 g/mol. The van der Waals surface area contributed by atoms with E-state index in [1.807, 2.05) is 31.2 Å². The van der Waals surface area contributed by atoms with Crippen LogP contribution in [0.25, 0.3) is 0 Å². The molecule has 1 amide bonds. The number of rotatable bonds is 8. The van der Waals surface area contributed by atoms with Crippen LogP contribution in [0.1, 0.15) is 36.5 Å². The fraction of sp³-hybridized carbons (Fsp3) is 0.409. The van der Waals surface area contributed by atoms with Gasteiger partial charge in [0.15, 0.2) is 18.1 Å². The third-order valence-electron chi connectivity index (χ3n) is 4.71. The van der Waals surface area contributed by atoms with E-state index in [4.69, 9.17) is 14.2 Å². The van der Waals surface area contributed by atoms with Crippen LogP contribution in [0.3, 0.4) is 0 Å². The zero-order valence-electron chi connectivity index (χ0n) is 16.0. The summed E-state index contributed by atoms with van der Waals surface area (Å²) in [7, 11) is 1.61. The standard InChI is InChI=1S/C22H27NO4/c1-3-26-21-12-16(8-11-20(21)25-2)14-23-22(24)15-27-19-10-9-17-6-4-5-7-18(17)13-19/h8-13H,3-7,14-15H2,1-2H3,(H,23,24). The predicted octanol–water partition coefficient (Wildman–Crippen LogP) is 3.67. The summed E-state index contributed by atoms with van der Waals surface area (Å²) < 4.78 is 16.5. The van der Waals surface area contributed by atoms with E-state index in [1.54, 1.807) is 7.11 Å². The molecule has 0 saturated carbocycles. The Labute approximate surface area is 160 Å². The lowest BCUT2D eigenvalue weighted by atomic mass is 9.92. The van der Waals surface area contributed by atoms with Crippen molar-refractivity contribution in [3.8, 4) is 17.2 Å². The van der Waals surface area contributed by atoms with Gasteiger partial charge in [0, 0.05) is 6.54 Å². The first-order valence-electron chi connectivity index (χ1n) is 9.50. The number of ether oxygens (including phenoxy) is 3. The average molecular weight is 369 g/mol. The first-order valence-corrected chi connectivity index (χ1v) is 9.50. The van der Waals surface area contributed by atoms with Crippen LogP contribution in [0, 0.1) is 0 Å². The number of amides is 1. The largest absolute Gasteiger partial charge is 0.493 e. The van der Waals surface area contributed by atoms with Crippen LogP contribution in [0.5, 0.6) is 17.2 Å². The molecule has 5 nitrogen and oxygen atoms in total. The van der Waals surface area contributed by atoms with E-state index >= 15 is 0 Å². The van der Waals surface area contributed by atoms with Crippen molar-refractivity contribution in [3.63, 3.8) is 0 Å². The summed E-state index contributed by atoms with van der Waals surface area (Å²) in [4.78, 5) is 12.1. The van der Waals surface area contributed by atoms with Crippen molar-refractivity contribution in [2.75, 3.05) is 20.3 Å². The number of carbonyl (C=O) groups excluding carboxylic acids is 1. The van der Waals surface area contributed by atoms with E-state index in [0.717, 1.165) is 24.2 Å². The van der Waals surface area contributed by atoms with Crippen molar-refractivity contribution in [2.24, 2.45) is 0 Å². The smallest absolute Gasteiger partial charge is 0.258 e. The van der Waals surface area contributed by atoms with Crippen LogP contribution < -0.4 is 19.5 Å². The van der Waals surface area contributed by atoms with E-state index in [1.165, 1.54) is 24.0 Å². The van der Waals surface area contributed by atoms with Crippen molar-refractivity contribution >= 4 is 5.91 Å². The Morgan fingerprint density at radius 2 is 1.81 bits per heavy atom. The molecule has 3 rings (SSSR count). The number of hydrogen-bond donors (Lipinski definition) is 1. The van der Waals surface area contributed by atoms with Gasteiger partial charge in [-0.1, -0.05) is 12.1 Å². The van der Waals surface area contributed by atoms with Gasteiger partial charge in [0.2, 0.25) is 0 Å². The number of methoxy groups -OCH3 is 1. The van der Waals surface area contributed by atoms with Crippen LogP contribution in [0.15, 0.2) is 36.4 Å². The number of hydrogen-bond acceptors (Lipinski definition) is 4. The highest BCUT2D eigenvalue weighted by atomic mass is 16.5. The highest BCUT2D eigenvalue weighted by Crippen LogP contribution is 2.28. The van der Waals surface area contributed by atoms with Crippen LogP contribution in [0.2, 0.25) is 0 Å². The summed E-state index contributed by atoms with van der Waals surface area (Å²) in [6, 6.07) is 11.8. The molecule has 5 heteroatoms. The van der Waals surface area contributed by atoms with E-state index in [0.29, 0.717) is 24.7 Å². The minimum absolute atomic E-state index is 0.00720. The van der Waals surface area contributed by atoms with Crippen molar-refractivity contribution < 1.29 is 19.0 Å². The topological polar surface area (TPSA) is 56.8 Å². The van der Waals surface area contributed by atoms with E-state index < -0.39 is 0 Å². The van der Waals surface area contributed by atoms with E-state index in [-0.39, 0.29) is 12.5 Å². The molecule has 0 fully saturated rings. The second kappa shape index (κ2) is 9.31. The number of aryl methyl sites for hydroxylation is 2. The van der Waals surface area contributed by atoms with Gasteiger partial charge in [0.05, 0.1) is 13.7 Å². The SMILES string of the molecule is CCOc1cc(CNC(=O)COc2ccc3c(c2)CCCC3)ccc1OC. The average Bonchev–Trinajstić information content (AvgIpc) is 2.71. The Hall–Kier alpha value is -2.69. The zero-order valence-corrected chi connectivity index (χ0v) is 16.0. The lowest BCUT2D eigenvalue weighted by molar-refractivity contribution is -0.123. The lowest BCUT2D eigenvalue weighted by Crippen LogP contribution is -2.28. The monoisotopic (exact) mass is 369 g/mol. The predicted molar refractivity (Wildman–Crippen MR) is 105 cm³/mol. The van der Waals surface area contributed by atoms with Gasteiger partial charge in [-0.05, 0) is 73.6 Å². The van der Waals surface area contributed by atoms with Gasteiger partial charge in [0.25, 0.3) is 5.91 Å². The second-order valence-corrected chi connectivity index (χ2v) is 6.62. The second-order valence-electron chi connectivity index (χ2n) is 6.62. The van der Waals surface area contributed by atoms with Gasteiger partial charge < -0.3 is 19.5 Å². The Bertz CT molecular complexity index is 788. The number of nitrogens with one attached hydrogen (secondary N) is 1. The van der Waals surface area contributed by atoms with Gasteiger partial charge >= 0.3 is 0 Å². The summed E-state index contributed by atoms with van der Waals surface area (Å²) in [5.41, 5.74) is 3.70. The summed E-state index contributed by atoms with van der Waals surface area (Å²) in [5.74, 6) is 1.97. The molecule has 2 aromatic carbocycles. The normalized spacial score (nSPS) is 12.8. The Morgan fingerprint density at radius 3 is 2.59 bits per heavy atom. The van der Waals surface area contributed by atoms with Crippen LogP contribution in [0.4, 0.5) is 0 Å². The Morgan fingerprint density at radius 1 is 1.00 bits per heavy atom. The number of carbonyl (C=O) groups is 1. The maximum Gasteiger partial charge on any atom is 0.258 e. The molecule has 27 heavy (non-hydrogen) atoms. The highest BCUT2D eigenvalue weighted by Gasteiger charge is 2.11. The van der Waals surface area contributed by atoms with Crippen LogP contribution >= 0.6 is 0 Å². The van der Waals surface area contributed by atoms with Crippen LogP contribution in [-0.2, 0) is 24.2 Å².